The Hall–Kier alpha value is -2.06. The Morgan fingerprint density at radius 3 is 2.43 bits per heavy atom. The smallest absolute Gasteiger partial charge is 0.260 e. The van der Waals surface area contributed by atoms with Gasteiger partial charge in [0.15, 0.2) is 5.13 Å². The van der Waals surface area contributed by atoms with E-state index in [2.05, 4.69) is 4.90 Å². The van der Waals surface area contributed by atoms with Gasteiger partial charge in [-0.3, -0.25) is 9.69 Å². The van der Waals surface area contributed by atoms with E-state index in [1.807, 2.05) is 26.2 Å². The second kappa shape index (κ2) is 10.8. The Morgan fingerprint density at radius 2 is 1.80 bits per heavy atom. The Kier molecular flexibility index (Phi) is 8.73. The number of anilines is 1. The Bertz CT molecular complexity index is 969. The van der Waals surface area contributed by atoms with Crippen molar-refractivity contribution in [3.8, 4) is 11.5 Å². The molecule has 0 spiro atoms. The molecule has 1 aromatic heterocycles. The van der Waals surface area contributed by atoms with Gasteiger partial charge in [-0.25, -0.2) is 4.98 Å². The molecule has 0 radical (unpaired) electrons. The third kappa shape index (κ3) is 5.35. The summed E-state index contributed by atoms with van der Waals surface area (Å²) in [6.07, 6.45) is 0.809. The number of rotatable bonds is 8. The lowest BCUT2D eigenvalue weighted by atomic mass is 10.2. The largest absolute Gasteiger partial charge is 0.495 e. The van der Waals surface area contributed by atoms with Gasteiger partial charge >= 0.3 is 0 Å². The number of hydrogen-bond acceptors (Lipinski definition) is 6. The van der Waals surface area contributed by atoms with E-state index >= 15 is 0 Å². The van der Waals surface area contributed by atoms with E-state index in [0.29, 0.717) is 39.3 Å². The lowest BCUT2D eigenvalue weighted by Gasteiger charge is -2.21. The molecule has 1 heterocycles. The van der Waals surface area contributed by atoms with Crippen LogP contribution in [0.2, 0.25) is 5.02 Å². The van der Waals surface area contributed by atoms with E-state index in [1.165, 1.54) is 11.3 Å². The molecular formula is C21H25Cl2N3O3S. The number of halogens is 2. The molecule has 0 fully saturated rings. The number of carbonyl (C=O) groups excluding carboxylic acids is 1. The molecule has 1 amide bonds. The maximum absolute atomic E-state index is 13.3. The standard InChI is InChI=1S/C21H24ClN3O3S.ClH/c1-24(2)11-6-12-25(20(26)14-7-5-8-15(22)13-14)21-23-18-16(27-3)9-10-17(28-4)19(18)29-21;/h5,7-10,13H,6,11-12H2,1-4H3;1H. The molecule has 0 N–H and O–H groups in total. The third-order valence-corrected chi connectivity index (χ3v) is 5.76. The number of benzene rings is 2. The van der Waals surface area contributed by atoms with Gasteiger partial charge in [-0.05, 0) is 57.4 Å². The van der Waals surface area contributed by atoms with Crippen molar-refractivity contribution in [3.63, 3.8) is 0 Å². The average Bonchev–Trinajstić information content (AvgIpc) is 3.14. The van der Waals surface area contributed by atoms with Gasteiger partial charge in [-0.1, -0.05) is 29.0 Å². The van der Waals surface area contributed by atoms with Gasteiger partial charge < -0.3 is 14.4 Å². The predicted octanol–water partition coefficient (Wildman–Crippen LogP) is 4.99. The van der Waals surface area contributed by atoms with Crippen LogP contribution < -0.4 is 14.4 Å². The Morgan fingerprint density at radius 1 is 1.10 bits per heavy atom. The van der Waals surface area contributed by atoms with Crippen molar-refractivity contribution >= 4 is 56.6 Å². The van der Waals surface area contributed by atoms with E-state index < -0.39 is 0 Å². The van der Waals surface area contributed by atoms with Crippen LogP contribution in [0.4, 0.5) is 5.13 Å². The third-order valence-electron chi connectivity index (χ3n) is 4.43. The molecule has 0 unspecified atom stereocenters. The molecule has 162 valence electrons. The summed E-state index contributed by atoms with van der Waals surface area (Å²) >= 11 is 7.52. The Labute approximate surface area is 191 Å². The fraction of sp³-hybridized carbons (Fsp3) is 0.333. The number of ether oxygens (including phenoxy) is 2. The molecule has 3 rings (SSSR count). The monoisotopic (exact) mass is 469 g/mol. The zero-order valence-corrected chi connectivity index (χ0v) is 19.7. The van der Waals surface area contributed by atoms with Gasteiger partial charge in [-0.2, -0.15) is 0 Å². The number of amides is 1. The fourth-order valence-corrected chi connectivity index (χ4v) is 4.29. The summed E-state index contributed by atoms with van der Waals surface area (Å²) in [5.74, 6) is 1.21. The van der Waals surface area contributed by atoms with Crippen LogP contribution in [0.3, 0.4) is 0 Å². The first-order chi connectivity index (χ1) is 13.9. The quantitative estimate of drug-likeness (QED) is 0.465. The highest BCUT2D eigenvalue weighted by atomic mass is 35.5. The van der Waals surface area contributed by atoms with Crippen LogP contribution in [0, 0.1) is 0 Å². The molecule has 0 aliphatic rings. The van der Waals surface area contributed by atoms with Crippen molar-refractivity contribution in [2.24, 2.45) is 0 Å². The summed E-state index contributed by atoms with van der Waals surface area (Å²) in [6.45, 7) is 1.39. The summed E-state index contributed by atoms with van der Waals surface area (Å²) in [5, 5.41) is 1.13. The van der Waals surface area contributed by atoms with Crippen LogP contribution in [-0.4, -0.2) is 57.2 Å². The highest BCUT2D eigenvalue weighted by molar-refractivity contribution is 7.22. The van der Waals surface area contributed by atoms with Crippen molar-refractivity contribution in [1.29, 1.82) is 0 Å². The predicted molar refractivity (Wildman–Crippen MR) is 126 cm³/mol. The van der Waals surface area contributed by atoms with Crippen molar-refractivity contribution in [1.82, 2.24) is 9.88 Å². The fourth-order valence-electron chi connectivity index (χ4n) is 3.00. The van der Waals surface area contributed by atoms with Gasteiger partial charge in [0.25, 0.3) is 5.91 Å². The average molecular weight is 470 g/mol. The number of fused-ring (bicyclic) bond motifs is 1. The summed E-state index contributed by atoms with van der Waals surface area (Å²) in [7, 11) is 7.24. The minimum absolute atomic E-state index is 0. The first-order valence-electron chi connectivity index (χ1n) is 9.18. The number of aromatic nitrogens is 1. The van der Waals surface area contributed by atoms with E-state index in [4.69, 9.17) is 26.1 Å². The second-order valence-corrected chi connectivity index (χ2v) is 8.18. The molecule has 0 saturated carbocycles. The van der Waals surface area contributed by atoms with Gasteiger partial charge in [0, 0.05) is 17.1 Å². The second-order valence-electron chi connectivity index (χ2n) is 6.77. The zero-order chi connectivity index (χ0) is 21.0. The van der Waals surface area contributed by atoms with Crippen LogP contribution >= 0.6 is 35.3 Å². The van der Waals surface area contributed by atoms with Crippen molar-refractivity contribution in [2.75, 3.05) is 46.3 Å². The van der Waals surface area contributed by atoms with Crippen LogP contribution in [0.25, 0.3) is 10.2 Å². The molecule has 0 aliphatic heterocycles. The molecule has 9 heteroatoms. The highest BCUT2D eigenvalue weighted by Crippen LogP contribution is 2.40. The van der Waals surface area contributed by atoms with E-state index in [1.54, 1.807) is 43.4 Å². The summed E-state index contributed by atoms with van der Waals surface area (Å²) in [5.41, 5.74) is 1.21. The highest BCUT2D eigenvalue weighted by Gasteiger charge is 2.23. The maximum atomic E-state index is 13.3. The summed E-state index contributed by atoms with van der Waals surface area (Å²) < 4.78 is 11.8. The molecule has 6 nitrogen and oxygen atoms in total. The van der Waals surface area contributed by atoms with E-state index in [0.717, 1.165) is 17.7 Å². The summed E-state index contributed by atoms with van der Waals surface area (Å²) in [4.78, 5) is 21.8. The van der Waals surface area contributed by atoms with Crippen molar-refractivity contribution in [2.45, 2.75) is 6.42 Å². The molecule has 0 atom stereocenters. The van der Waals surface area contributed by atoms with Crippen LogP contribution in [0.15, 0.2) is 36.4 Å². The van der Waals surface area contributed by atoms with Crippen LogP contribution in [0.1, 0.15) is 16.8 Å². The first kappa shape index (κ1) is 24.2. The molecule has 30 heavy (non-hydrogen) atoms. The minimum Gasteiger partial charge on any atom is -0.495 e. The molecule has 3 aromatic rings. The number of methoxy groups -OCH3 is 2. The normalized spacial score (nSPS) is 10.7. The van der Waals surface area contributed by atoms with Crippen LogP contribution in [0.5, 0.6) is 11.5 Å². The van der Waals surface area contributed by atoms with Gasteiger partial charge in [0.05, 0.1) is 14.2 Å². The number of thiazole rings is 1. The van der Waals surface area contributed by atoms with E-state index in [9.17, 15) is 4.79 Å². The van der Waals surface area contributed by atoms with Crippen molar-refractivity contribution in [3.05, 3.63) is 47.0 Å². The Balaban J connectivity index is 0.00000320. The number of nitrogens with zero attached hydrogens (tertiary/aromatic N) is 3. The number of carbonyl (C=O) groups is 1. The van der Waals surface area contributed by atoms with Crippen LogP contribution in [-0.2, 0) is 0 Å². The molecular weight excluding hydrogens is 445 g/mol. The molecule has 0 saturated heterocycles. The SMILES string of the molecule is COc1ccc(OC)c2sc(N(CCCN(C)C)C(=O)c3cccc(Cl)c3)nc12.Cl. The van der Waals surface area contributed by atoms with E-state index in [-0.39, 0.29) is 18.3 Å². The van der Waals surface area contributed by atoms with Gasteiger partial charge in [0.2, 0.25) is 0 Å². The number of hydrogen-bond donors (Lipinski definition) is 0. The van der Waals surface area contributed by atoms with Gasteiger partial charge in [0.1, 0.15) is 21.7 Å². The van der Waals surface area contributed by atoms with Gasteiger partial charge in [-0.15, -0.1) is 12.4 Å². The maximum Gasteiger partial charge on any atom is 0.260 e. The summed E-state index contributed by atoms with van der Waals surface area (Å²) in [6, 6.07) is 10.6. The lowest BCUT2D eigenvalue weighted by Crippen LogP contribution is -2.33. The first-order valence-corrected chi connectivity index (χ1v) is 10.4. The molecule has 0 aliphatic carbocycles. The minimum atomic E-state index is -0.136. The lowest BCUT2D eigenvalue weighted by molar-refractivity contribution is 0.0986. The van der Waals surface area contributed by atoms with Crippen molar-refractivity contribution < 1.29 is 14.3 Å². The zero-order valence-electron chi connectivity index (χ0n) is 17.3. The molecule has 0 bridgehead atoms. The molecule has 2 aromatic carbocycles. The topological polar surface area (TPSA) is 54.9 Å².